The average Bonchev–Trinajstić information content (AvgIpc) is 2.51. The number of halogens is 2. The summed E-state index contributed by atoms with van der Waals surface area (Å²) in [6.07, 6.45) is 2.15. The SMILES string of the molecule is COC(=O)/C(C)=C/CNC(=O)CCc1cccc(OC(F)F)c1. The maximum atomic E-state index is 12.1. The summed E-state index contributed by atoms with van der Waals surface area (Å²) in [7, 11) is 1.28. The second kappa shape index (κ2) is 9.55. The Labute approximate surface area is 133 Å². The number of benzene rings is 1. The van der Waals surface area contributed by atoms with Crippen molar-refractivity contribution in [2.45, 2.75) is 26.4 Å². The molecule has 0 spiro atoms. The summed E-state index contributed by atoms with van der Waals surface area (Å²) >= 11 is 0. The summed E-state index contributed by atoms with van der Waals surface area (Å²) in [4.78, 5) is 22.8. The number of carbonyl (C=O) groups excluding carboxylic acids is 2. The highest BCUT2D eigenvalue weighted by Crippen LogP contribution is 2.16. The predicted molar refractivity (Wildman–Crippen MR) is 80.2 cm³/mol. The summed E-state index contributed by atoms with van der Waals surface area (Å²) in [5.74, 6) is -0.594. The molecular formula is C16H19F2NO4. The van der Waals surface area contributed by atoms with Gasteiger partial charge in [0.05, 0.1) is 7.11 Å². The highest BCUT2D eigenvalue weighted by atomic mass is 19.3. The number of hydrogen-bond donors (Lipinski definition) is 1. The second-order valence-corrected chi connectivity index (χ2v) is 4.71. The van der Waals surface area contributed by atoms with Gasteiger partial charge in [0, 0.05) is 18.5 Å². The molecule has 0 unspecified atom stereocenters. The van der Waals surface area contributed by atoms with Crippen molar-refractivity contribution in [1.82, 2.24) is 5.32 Å². The van der Waals surface area contributed by atoms with E-state index in [-0.39, 0.29) is 24.6 Å². The Morgan fingerprint density at radius 3 is 2.74 bits per heavy atom. The Morgan fingerprint density at radius 2 is 2.09 bits per heavy atom. The van der Waals surface area contributed by atoms with E-state index >= 15 is 0 Å². The molecule has 0 aliphatic heterocycles. The van der Waals surface area contributed by atoms with Crippen LogP contribution in [0.2, 0.25) is 0 Å². The largest absolute Gasteiger partial charge is 0.466 e. The Hall–Kier alpha value is -2.44. The molecule has 126 valence electrons. The second-order valence-electron chi connectivity index (χ2n) is 4.71. The molecule has 0 bridgehead atoms. The molecule has 0 radical (unpaired) electrons. The van der Waals surface area contributed by atoms with Crippen LogP contribution in [-0.4, -0.2) is 32.1 Å². The maximum Gasteiger partial charge on any atom is 0.387 e. The third-order valence-corrected chi connectivity index (χ3v) is 2.98. The lowest BCUT2D eigenvalue weighted by atomic mass is 10.1. The topological polar surface area (TPSA) is 64.6 Å². The Kier molecular flexibility index (Phi) is 7.73. The molecule has 0 aromatic heterocycles. The van der Waals surface area contributed by atoms with E-state index in [0.717, 1.165) is 5.56 Å². The minimum Gasteiger partial charge on any atom is -0.466 e. The van der Waals surface area contributed by atoms with Gasteiger partial charge in [-0.1, -0.05) is 18.2 Å². The van der Waals surface area contributed by atoms with E-state index in [0.29, 0.717) is 12.0 Å². The van der Waals surface area contributed by atoms with Crippen molar-refractivity contribution >= 4 is 11.9 Å². The van der Waals surface area contributed by atoms with Gasteiger partial charge in [-0.3, -0.25) is 4.79 Å². The summed E-state index contributed by atoms with van der Waals surface area (Å²) < 4.78 is 33.1. The van der Waals surface area contributed by atoms with Crippen LogP contribution in [0.1, 0.15) is 18.9 Å². The monoisotopic (exact) mass is 327 g/mol. The molecule has 1 aromatic carbocycles. The van der Waals surface area contributed by atoms with Gasteiger partial charge < -0.3 is 14.8 Å². The van der Waals surface area contributed by atoms with Crippen LogP contribution in [0.5, 0.6) is 5.75 Å². The predicted octanol–water partition coefficient (Wildman–Crippen LogP) is 2.46. The number of methoxy groups -OCH3 is 1. The Bertz CT molecular complexity index is 573. The molecule has 1 N–H and O–H groups in total. The molecule has 0 aliphatic rings. The third-order valence-electron chi connectivity index (χ3n) is 2.98. The first-order valence-electron chi connectivity index (χ1n) is 6.98. The zero-order chi connectivity index (χ0) is 17.2. The summed E-state index contributed by atoms with van der Waals surface area (Å²) in [6.45, 7) is -1.07. The molecule has 7 heteroatoms. The highest BCUT2D eigenvalue weighted by Gasteiger charge is 2.07. The van der Waals surface area contributed by atoms with Gasteiger partial charge in [0.25, 0.3) is 0 Å². The van der Waals surface area contributed by atoms with E-state index < -0.39 is 12.6 Å². The van der Waals surface area contributed by atoms with Crippen molar-refractivity contribution in [2.24, 2.45) is 0 Å². The number of aryl methyl sites for hydroxylation is 1. The molecule has 5 nitrogen and oxygen atoms in total. The maximum absolute atomic E-state index is 12.1. The number of ether oxygens (including phenoxy) is 2. The van der Waals surface area contributed by atoms with E-state index in [9.17, 15) is 18.4 Å². The molecule has 0 heterocycles. The van der Waals surface area contributed by atoms with Crippen LogP contribution in [-0.2, 0) is 20.7 Å². The van der Waals surface area contributed by atoms with E-state index in [2.05, 4.69) is 14.8 Å². The normalized spacial score (nSPS) is 11.3. The van der Waals surface area contributed by atoms with Gasteiger partial charge in [-0.15, -0.1) is 0 Å². The zero-order valence-corrected chi connectivity index (χ0v) is 13.0. The summed E-state index contributed by atoms with van der Waals surface area (Å²) in [6, 6.07) is 6.22. The van der Waals surface area contributed by atoms with E-state index in [4.69, 9.17) is 0 Å². The average molecular weight is 327 g/mol. The van der Waals surface area contributed by atoms with Crippen molar-refractivity contribution in [3.8, 4) is 5.75 Å². The van der Waals surface area contributed by atoms with E-state index in [1.807, 2.05) is 0 Å². The third kappa shape index (κ3) is 7.39. The lowest BCUT2D eigenvalue weighted by Gasteiger charge is -2.07. The van der Waals surface area contributed by atoms with Gasteiger partial charge >= 0.3 is 12.6 Å². The number of hydrogen-bond acceptors (Lipinski definition) is 4. The first-order valence-corrected chi connectivity index (χ1v) is 6.98. The van der Waals surface area contributed by atoms with Crippen LogP contribution in [0.4, 0.5) is 8.78 Å². The van der Waals surface area contributed by atoms with Crippen molar-refractivity contribution in [3.05, 3.63) is 41.5 Å². The van der Waals surface area contributed by atoms with E-state index in [1.165, 1.54) is 19.2 Å². The molecule has 0 atom stereocenters. The van der Waals surface area contributed by atoms with Crippen LogP contribution in [0.15, 0.2) is 35.9 Å². The van der Waals surface area contributed by atoms with Gasteiger partial charge in [0.15, 0.2) is 0 Å². The number of nitrogens with one attached hydrogen (secondary N) is 1. The van der Waals surface area contributed by atoms with Crippen LogP contribution in [0.3, 0.4) is 0 Å². The molecule has 1 amide bonds. The van der Waals surface area contributed by atoms with Crippen molar-refractivity contribution in [3.63, 3.8) is 0 Å². The minimum absolute atomic E-state index is 0.0644. The minimum atomic E-state index is -2.88. The molecule has 1 rings (SSSR count). The quantitative estimate of drug-likeness (QED) is 0.588. The molecule has 0 saturated carbocycles. The Balaban J connectivity index is 2.40. The van der Waals surface area contributed by atoms with Crippen LogP contribution >= 0.6 is 0 Å². The van der Waals surface area contributed by atoms with Gasteiger partial charge in [0.2, 0.25) is 5.91 Å². The van der Waals surface area contributed by atoms with Gasteiger partial charge in [-0.05, 0) is 31.0 Å². The number of alkyl halides is 2. The van der Waals surface area contributed by atoms with Crippen molar-refractivity contribution in [1.29, 1.82) is 0 Å². The fourth-order valence-electron chi connectivity index (χ4n) is 1.79. The molecule has 23 heavy (non-hydrogen) atoms. The van der Waals surface area contributed by atoms with Crippen LogP contribution in [0, 0.1) is 0 Å². The van der Waals surface area contributed by atoms with Gasteiger partial charge in [-0.25, -0.2) is 4.79 Å². The van der Waals surface area contributed by atoms with Crippen molar-refractivity contribution in [2.75, 3.05) is 13.7 Å². The van der Waals surface area contributed by atoms with E-state index in [1.54, 1.807) is 25.1 Å². The summed E-state index contributed by atoms with van der Waals surface area (Å²) in [5.41, 5.74) is 1.13. The molecule has 0 fully saturated rings. The van der Waals surface area contributed by atoms with Gasteiger partial charge in [-0.2, -0.15) is 8.78 Å². The number of carbonyl (C=O) groups is 2. The highest BCUT2D eigenvalue weighted by molar-refractivity contribution is 5.87. The molecular weight excluding hydrogens is 308 g/mol. The molecule has 0 aliphatic carbocycles. The fourth-order valence-corrected chi connectivity index (χ4v) is 1.79. The standard InChI is InChI=1S/C16H19F2NO4/c1-11(15(21)22-2)8-9-19-14(20)7-6-12-4-3-5-13(10-12)23-16(17)18/h3-5,8,10,16H,6-7,9H2,1-2H3,(H,19,20)/b11-8+. The first-order chi connectivity index (χ1) is 10.9. The lowest BCUT2D eigenvalue weighted by molar-refractivity contribution is -0.136. The fraction of sp³-hybridized carbons (Fsp3) is 0.375. The van der Waals surface area contributed by atoms with Crippen molar-refractivity contribution < 1.29 is 27.8 Å². The van der Waals surface area contributed by atoms with Gasteiger partial charge in [0.1, 0.15) is 5.75 Å². The molecule has 0 saturated heterocycles. The lowest BCUT2D eigenvalue weighted by Crippen LogP contribution is -2.24. The Morgan fingerprint density at radius 1 is 1.35 bits per heavy atom. The number of rotatable bonds is 8. The van der Waals surface area contributed by atoms with Crippen LogP contribution < -0.4 is 10.1 Å². The number of amides is 1. The zero-order valence-electron chi connectivity index (χ0n) is 13.0. The first kappa shape index (κ1) is 18.6. The number of esters is 1. The summed E-state index contributed by atoms with van der Waals surface area (Å²) in [5, 5.41) is 2.64. The van der Waals surface area contributed by atoms with Crippen LogP contribution in [0.25, 0.3) is 0 Å². The smallest absolute Gasteiger partial charge is 0.387 e. The molecule has 1 aromatic rings.